The van der Waals surface area contributed by atoms with Gasteiger partial charge in [0.1, 0.15) is 0 Å². The molecule has 0 heterocycles. The highest BCUT2D eigenvalue weighted by Crippen LogP contribution is 2.30. The molecule has 17 heavy (non-hydrogen) atoms. The van der Waals surface area contributed by atoms with Gasteiger partial charge < -0.3 is 10.4 Å². The monoisotopic (exact) mass is 363 g/mol. The number of carboxylic acid groups (broad SMARTS) is 1. The Kier molecular flexibility index (Phi) is 5.64. The molecule has 92 valence electrons. The molecule has 0 saturated carbocycles. The molecular weight excluding hydrogens is 354 g/mol. The highest BCUT2D eigenvalue weighted by atomic mass is 79.9. The van der Waals surface area contributed by atoms with Gasteiger partial charge in [0.25, 0.3) is 0 Å². The van der Waals surface area contributed by atoms with Crippen molar-refractivity contribution in [1.29, 1.82) is 0 Å². The molecule has 0 aliphatic carbocycles. The summed E-state index contributed by atoms with van der Waals surface area (Å²) in [5, 5.41) is 11.2. The summed E-state index contributed by atoms with van der Waals surface area (Å²) in [6.07, 6.45) is 0.536. The molecule has 1 aromatic carbocycles. The zero-order chi connectivity index (χ0) is 12.8. The van der Waals surface area contributed by atoms with Crippen LogP contribution in [0, 0.1) is 0 Å². The predicted octanol–water partition coefficient (Wildman–Crippen LogP) is 3.41. The Bertz CT molecular complexity index is 414. The van der Waals surface area contributed by atoms with E-state index in [1.807, 2.05) is 18.2 Å². The van der Waals surface area contributed by atoms with Crippen LogP contribution < -0.4 is 5.32 Å². The fourth-order valence-electron chi connectivity index (χ4n) is 1.22. The molecule has 0 atom stereocenters. The van der Waals surface area contributed by atoms with Gasteiger partial charge in [-0.3, -0.25) is 9.59 Å². The van der Waals surface area contributed by atoms with Gasteiger partial charge in [0.2, 0.25) is 5.91 Å². The number of halogens is 2. The second-order valence-corrected chi connectivity index (χ2v) is 5.10. The highest BCUT2D eigenvalue weighted by molar-refractivity contribution is 9.11. The van der Waals surface area contributed by atoms with Gasteiger partial charge >= 0.3 is 5.97 Å². The average molecular weight is 365 g/mol. The number of anilines is 1. The summed E-state index contributed by atoms with van der Waals surface area (Å²) in [6, 6.07) is 5.48. The van der Waals surface area contributed by atoms with Crippen LogP contribution in [0.5, 0.6) is 0 Å². The molecule has 0 aliphatic rings. The van der Waals surface area contributed by atoms with Crippen LogP contribution in [0.3, 0.4) is 0 Å². The Balaban J connectivity index is 2.53. The van der Waals surface area contributed by atoms with E-state index in [9.17, 15) is 9.59 Å². The van der Waals surface area contributed by atoms with E-state index in [4.69, 9.17) is 5.11 Å². The molecule has 0 aromatic heterocycles. The maximum absolute atomic E-state index is 11.6. The normalized spacial score (nSPS) is 10.0. The number of hydrogen-bond acceptors (Lipinski definition) is 2. The third-order valence-electron chi connectivity index (χ3n) is 2.02. The van der Waals surface area contributed by atoms with E-state index in [-0.39, 0.29) is 18.7 Å². The van der Waals surface area contributed by atoms with Crippen LogP contribution in [0.2, 0.25) is 0 Å². The lowest BCUT2D eigenvalue weighted by molar-refractivity contribution is -0.137. The first-order valence-corrected chi connectivity index (χ1v) is 6.55. The molecule has 0 radical (unpaired) electrons. The van der Waals surface area contributed by atoms with Gasteiger partial charge in [0.15, 0.2) is 0 Å². The number of aliphatic carboxylic acids is 1. The molecule has 0 saturated heterocycles. The van der Waals surface area contributed by atoms with Crippen LogP contribution in [-0.4, -0.2) is 17.0 Å². The Morgan fingerprint density at radius 2 is 1.76 bits per heavy atom. The SMILES string of the molecule is O=C(O)CCCC(=O)Nc1c(Br)cccc1Br. The molecule has 0 bridgehead atoms. The number of amides is 1. The van der Waals surface area contributed by atoms with Crippen molar-refractivity contribution in [2.45, 2.75) is 19.3 Å². The molecule has 0 unspecified atom stereocenters. The van der Waals surface area contributed by atoms with Gasteiger partial charge in [-0.05, 0) is 50.4 Å². The fourth-order valence-corrected chi connectivity index (χ4v) is 2.42. The van der Waals surface area contributed by atoms with Crippen molar-refractivity contribution in [2.75, 3.05) is 5.32 Å². The van der Waals surface area contributed by atoms with Crippen molar-refractivity contribution in [3.8, 4) is 0 Å². The van der Waals surface area contributed by atoms with E-state index < -0.39 is 5.97 Å². The quantitative estimate of drug-likeness (QED) is 0.841. The topological polar surface area (TPSA) is 66.4 Å². The largest absolute Gasteiger partial charge is 0.481 e. The number of carbonyl (C=O) groups is 2. The number of carboxylic acids is 1. The molecular formula is C11H11Br2NO3. The van der Waals surface area contributed by atoms with Gasteiger partial charge in [-0.1, -0.05) is 6.07 Å². The fraction of sp³-hybridized carbons (Fsp3) is 0.273. The predicted molar refractivity (Wildman–Crippen MR) is 72.0 cm³/mol. The number of rotatable bonds is 5. The Labute approximate surface area is 116 Å². The third kappa shape index (κ3) is 4.87. The van der Waals surface area contributed by atoms with Crippen molar-refractivity contribution >= 4 is 49.4 Å². The van der Waals surface area contributed by atoms with Crippen LogP contribution in [0.25, 0.3) is 0 Å². The smallest absolute Gasteiger partial charge is 0.303 e. The summed E-state index contributed by atoms with van der Waals surface area (Å²) in [5.41, 5.74) is 0.660. The minimum Gasteiger partial charge on any atom is -0.481 e. The second-order valence-electron chi connectivity index (χ2n) is 3.39. The number of para-hydroxylation sites is 1. The Morgan fingerprint density at radius 3 is 2.29 bits per heavy atom. The summed E-state index contributed by atoms with van der Waals surface area (Å²) in [6.45, 7) is 0. The number of carbonyl (C=O) groups excluding carboxylic acids is 1. The summed E-state index contributed by atoms with van der Waals surface area (Å²) >= 11 is 6.66. The van der Waals surface area contributed by atoms with Crippen molar-refractivity contribution in [1.82, 2.24) is 0 Å². The van der Waals surface area contributed by atoms with Gasteiger partial charge in [-0.2, -0.15) is 0 Å². The van der Waals surface area contributed by atoms with E-state index in [0.717, 1.165) is 8.95 Å². The molecule has 1 amide bonds. The maximum Gasteiger partial charge on any atom is 0.303 e. The molecule has 0 fully saturated rings. The standard InChI is InChI=1S/C11H11Br2NO3/c12-7-3-1-4-8(13)11(7)14-9(15)5-2-6-10(16)17/h1,3-4H,2,5-6H2,(H,14,15)(H,16,17). The van der Waals surface area contributed by atoms with Gasteiger partial charge in [-0.25, -0.2) is 0 Å². The lowest BCUT2D eigenvalue weighted by Crippen LogP contribution is -2.12. The van der Waals surface area contributed by atoms with E-state index in [0.29, 0.717) is 12.1 Å². The van der Waals surface area contributed by atoms with Crippen molar-refractivity contribution in [3.63, 3.8) is 0 Å². The van der Waals surface area contributed by atoms with Crippen LogP contribution in [0.15, 0.2) is 27.1 Å². The molecule has 0 aliphatic heterocycles. The summed E-state index contributed by atoms with van der Waals surface area (Å²) in [4.78, 5) is 21.9. The van der Waals surface area contributed by atoms with Gasteiger partial charge in [-0.15, -0.1) is 0 Å². The third-order valence-corrected chi connectivity index (χ3v) is 3.34. The maximum atomic E-state index is 11.6. The van der Waals surface area contributed by atoms with Crippen LogP contribution in [0.1, 0.15) is 19.3 Å². The second kappa shape index (κ2) is 6.76. The van der Waals surface area contributed by atoms with Crippen molar-refractivity contribution in [2.24, 2.45) is 0 Å². The van der Waals surface area contributed by atoms with Crippen LogP contribution in [0.4, 0.5) is 5.69 Å². The van der Waals surface area contributed by atoms with Crippen molar-refractivity contribution in [3.05, 3.63) is 27.1 Å². The van der Waals surface area contributed by atoms with E-state index in [2.05, 4.69) is 37.2 Å². The van der Waals surface area contributed by atoms with Crippen molar-refractivity contribution < 1.29 is 14.7 Å². The van der Waals surface area contributed by atoms with E-state index in [1.54, 1.807) is 0 Å². The zero-order valence-electron chi connectivity index (χ0n) is 8.87. The van der Waals surface area contributed by atoms with Gasteiger partial charge in [0.05, 0.1) is 5.69 Å². The first-order chi connectivity index (χ1) is 8.00. The molecule has 2 N–H and O–H groups in total. The van der Waals surface area contributed by atoms with Crippen LogP contribution in [-0.2, 0) is 9.59 Å². The van der Waals surface area contributed by atoms with Gasteiger partial charge in [0, 0.05) is 21.8 Å². The van der Waals surface area contributed by atoms with Crippen LogP contribution >= 0.6 is 31.9 Å². The molecule has 0 spiro atoms. The lowest BCUT2D eigenvalue weighted by Gasteiger charge is -2.08. The zero-order valence-corrected chi connectivity index (χ0v) is 12.0. The molecule has 1 aromatic rings. The summed E-state index contributed by atoms with van der Waals surface area (Å²) in [5.74, 6) is -1.08. The first-order valence-electron chi connectivity index (χ1n) is 4.96. The first kappa shape index (κ1) is 14.2. The molecule has 1 rings (SSSR count). The minimum absolute atomic E-state index is 0.00451. The van der Waals surface area contributed by atoms with E-state index in [1.165, 1.54) is 0 Å². The molecule has 6 heteroatoms. The highest BCUT2D eigenvalue weighted by Gasteiger charge is 2.09. The van der Waals surface area contributed by atoms with E-state index >= 15 is 0 Å². The minimum atomic E-state index is -0.889. The lowest BCUT2D eigenvalue weighted by atomic mass is 10.2. The average Bonchev–Trinajstić information content (AvgIpc) is 2.23. The summed E-state index contributed by atoms with van der Waals surface area (Å²) in [7, 11) is 0. The number of nitrogens with one attached hydrogen (secondary N) is 1. The Morgan fingerprint density at radius 1 is 1.18 bits per heavy atom. The Hall–Kier alpha value is -0.880. The number of hydrogen-bond donors (Lipinski definition) is 2. The summed E-state index contributed by atoms with van der Waals surface area (Å²) < 4.78 is 1.55. The molecule has 4 nitrogen and oxygen atoms in total. The number of benzene rings is 1.